The lowest BCUT2D eigenvalue weighted by molar-refractivity contribution is 0.0917. The van der Waals surface area contributed by atoms with Crippen molar-refractivity contribution < 1.29 is 4.79 Å². The molecule has 1 N–H and O–H groups in total. The third-order valence-corrected chi connectivity index (χ3v) is 5.11. The van der Waals surface area contributed by atoms with E-state index in [2.05, 4.69) is 44.6 Å². The largest absolute Gasteiger partial charge is 0.348 e. The van der Waals surface area contributed by atoms with Crippen LogP contribution in [0.3, 0.4) is 0 Å². The molecule has 128 valence electrons. The molecule has 2 aromatic heterocycles. The van der Waals surface area contributed by atoms with Crippen LogP contribution in [-0.2, 0) is 5.41 Å². The molecule has 6 nitrogen and oxygen atoms in total. The summed E-state index contributed by atoms with van der Waals surface area (Å²) in [6.45, 7) is 4.44. The van der Waals surface area contributed by atoms with Crippen LogP contribution in [0.4, 0.5) is 0 Å². The summed E-state index contributed by atoms with van der Waals surface area (Å²) >= 11 is 0. The Morgan fingerprint density at radius 1 is 1.20 bits per heavy atom. The zero-order chi connectivity index (χ0) is 17.4. The SMILES string of the molecule is Cc1cc(C)n2nc(C(=O)NCC3(c4ccccc4)CCC3)nc2n1. The first-order chi connectivity index (χ1) is 12.1. The number of aryl methyl sites for hydroxylation is 2. The molecular weight excluding hydrogens is 314 g/mol. The van der Waals surface area contributed by atoms with Gasteiger partial charge < -0.3 is 5.32 Å². The van der Waals surface area contributed by atoms with E-state index in [0.717, 1.165) is 24.2 Å². The molecule has 1 aromatic carbocycles. The fourth-order valence-corrected chi connectivity index (χ4v) is 3.55. The summed E-state index contributed by atoms with van der Waals surface area (Å²) in [4.78, 5) is 21.2. The molecule has 3 aromatic rings. The molecular formula is C19H21N5O. The molecule has 1 saturated carbocycles. The van der Waals surface area contributed by atoms with Gasteiger partial charge in [0.25, 0.3) is 11.7 Å². The molecule has 2 heterocycles. The average Bonchev–Trinajstić information content (AvgIpc) is 2.99. The second-order valence-corrected chi connectivity index (χ2v) is 6.87. The summed E-state index contributed by atoms with van der Waals surface area (Å²) in [7, 11) is 0. The number of benzene rings is 1. The van der Waals surface area contributed by atoms with Crippen molar-refractivity contribution >= 4 is 11.7 Å². The van der Waals surface area contributed by atoms with Gasteiger partial charge in [-0.1, -0.05) is 36.8 Å². The second kappa shape index (κ2) is 5.95. The van der Waals surface area contributed by atoms with Crippen LogP contribution in [0.15, 0.2) is 36.4 Å². The zero-order valence-corrected chi connectivity index (χ0v) is 14.5. The summed E-state index contributed by atoms with van der Waals surface area (Å²) in [5.74, 6) is 0.387. The van der Waals surface area contributed by atoms with E-state index in [0.29, 0.717) is 12.3 Å². The van der Waals surface area contributed by atoms with E-state index >= 15 is 0 Å². The lowest BCUT2D eigenvalue weighted by atomic mass is 9.64. The number of nitrogens with one attached hydrogen (secondary N) is 1. The maximum Gasteiger partial charge on any atom is 0.291 e. The van der Waals surface area contributed by atoms with Crippen LogP contribution in [0, 0.1) is 13.8 Å². The Morgan fingerprint density at radius 3 is 2.64 bits per heavy atom. The Morgan fingerprint density at radius 2 is 1.96 bits per heavy atom. The Labute approximate surface area is 146 Å². The van der Waals surface area contributed by atoms with E-state index in [9.17, 15) is 4.79 Å². The van der Waals surface area contributed by atoms with Crippen LogP contribution < -0.4 is 5.32 Å². The fraction of sp³-hybridized carbons (Fsp3) is 0.368. The van der Waals surface area contributed by atoms with Crippen molar-refractivity contribution in [2.45, 2.75) is 38.5 Å². The number of hydrogen-bond donors (Lipinski definition) is 1. The van der Waals surface area contributed by atoms with Gasteiger partial charge in [0.1, 0.15) is 0 Å². The first-order valence-electron chi connectivity index (χ1n) is 8.62. The smallest absolute Gasteiger partial charge is 0.291 e. The minimum atomic E-state index is -0.246. The second-order valence-electron chi connectivity index (χ2n) is 6.87. The quantitative estimate of drug-likeness (QED) is 0.795. The third kappa shape index (κ3) is 2.77. The predicted molar refractivity (Wildman–Crippen MR) is 94.6 cm³/mol. The van der Waals surface area contributed by atoms with Crippen molar-refractivity contribution in [3.05, 3.63) is 59.2 Å². The first-order valence-corrected chi connectivity index (χ1v) is 8.62. The van der Waals surface area contributed by atoms with Crippen molar-refractivity contribution in [1.82, 2.24) is 24.9 Å². The Bertz CT molecular complexity index is 928. The average molecular weight is 335 g/mol. The molecule has 1 aliphatic carbocycles. The van der Waals surface area contributed by atoms with Crippen LogP contribution in [0.5, 0.6) is 0 Å². The van der Waals surface area contributed by atoms with Gasteiger partial charge in [-0.25, -0.2) is 9.50 Å². The Hall–Kier alpha value is -2.76. The zero-order valence-electron chi connectivity index (χ0n) is 14.5. The van der Waals surface area contributed by atoms with Gasteiger partial charge in [0.2, 0.25) is 5.82 Å². The number of carbonyl (C=O) groups is 1. The molecule has 1 amide bonds. The highest BCUT2D eigenvalue weighted by atomic mass is 16.2. The highest BCUT2D eigenvalue weighted by Gasteiger charge is 2.38. The number of amides is 1. The summed E-state index contributed by atoms with van der Waals surface area (Å²) in [5.41, 5.74) is 3.11. The highest BCUT2D eigenvalue weighted by molar-refractivity contribution is 5.90. The van der Waals surface area contributed by atoms with Gasteiger partial charge in [0.15, 0.2) is 0 Å². The molecule has 0 bridgehead atoms. The standard InChI is InChI=1S/C19H21N5O/c1-13-11-14(2)24-18(21-13)22-16(23-24)17(25)20-12-19(9-6-10-19)15-7-4-3-5-8-15/h3-5,7-8,11H,6,9-10,12H2,1-2H3,(H,20,25). The molecule has 0 atom stereocenters. The van der Waals surface area contributed by atoms with E-state index in [4.69, 9.17) is 0 Å². The van der Waals surface area contributed by atoms with Crippen LogP contribution >= 0.6 is 0 Å². The number of carbonyl (C=O) groups excluding carboxylic acids is 1. The minimum absolute atomic E-state index is 0.0425. The maximum absolute atomic E-state index is 12.6. The summed E-state index contributed by atoms with van der Waals surface area (Å²) < 4.78 is 1.61. The molecule has 25 heavy (non-hydrogen) atoms. The molecule has 1 fully saturated rings. The Kier molecular flexibility index (Phi) is 3.75. The molecule has 0 saturated heterocycles. The number of nitrogens with zero attached hydrogens (tertiary/aromatic N) is 4. The van der Waals surface area contributed by atoms with Gasteiger partial charge in [-0.3, -0.25) is 4.79 Å². The highest BCUT2D eigenvalue weighted by Crippen LogP contribution is 2.43. The molecule has 4 rings (SSSR count). The van der Waals surface area contributed by atoms with Crippen molar-refractivity contribution in [2.75, 3.05) is 6.54 Å². The van der Waals surface area contributed by atoms with E-state index < -0.39 is 0 Å². The van der Waals surface area contributed by atoms with Crippen molar-refractivity contribution in [3.63, 3.8) is 0 Å². The maximum atomic E-state index is 12.6. The van der Waals surface area contributed by atoms with E-state index in [-0.39, 0.29) is 17.1 Å². The molecule has 0 aliphatic heterocycles. The Balaban J connectivity index is 1.53. The van der Waals surface area contributed by atoms with Crippen LogP contribution in [-0.4, -0.2) is 32.0 Å². The van der Waals surface area contributed by atoms with Gasteiger partial charge in [-0.15, -0.1) is 5.10 Å². The number of aromatic nitrogens is 4. The summed E-state index contributed by atoms with van der Waals surface area (Å²) in [5, 5.41) is 7.33. The van der Waals surface area contributed by atoms with Crippen LogP contribution in [0.25, 0.3) is 5.78 Å². The van der Waals surface area contributed by atoms with Gasteiger partial charge in [0.05, 0.1) is 0 Å². The lowest BCUT2D eigenvalue weighted by Crippen LogP contribution is -2.45. The lowest BCUT2D eigenvalue weighted by Gasteiger charge is -2.42. The van der Waals surface area contributed by atoms with Crippen LogP contribution in [0.1, 0.15) is 46.8 Å². The normalized spacial score (nSPS) is 15.8. The number of rotatable bonds is 4. The topological polar surface area (TPSA) is 72.2 Å². The van der Waals surface area contributed by atoms with Crippen molar-refractivity contribution in [3.8, 4) is 0 Å². The van der Waals surface area contributed by atoms with Crippen molar-refractivity contribution in [1.29, 1.82) is 0 Å². The summed E-state index contributed by atoms with van der Waals surface area (Å²) in [6, 6.07) is 12.3. The molecule has 0 unspecified atom stereocenters. The van der Waals surface area contributed by atoms with Gasteiger partial charge in [-0.2, -0.15) is 4.98 Å². The molecule has 0 radical (unpaired) electrons. The third-order valence-electron chi connectivity index (χ3n) is 5.11. The number of hydrogen-bond acceptors (Lipinski definition) is 4. The van der Waals surface area contributed by atoms with E-state index in [1.165, 1.54) is 12.0 Å². The van der Waals surface area contributed by atoms with E-state index in [1.807, 2.05) is 26.0 Å². The summed E-state index contributed by atoms with van der Waals surface area (Å²) in [6.07, 6.45) is 3.38. The van der Waals surface area contributed by atoms with Crippen molar-refractivity contribution in [2.24, 2.45) is 0 Å². The number of fused-ring (bicyclic) bond motifs is 1. The molecule has 1 aliphatic rings. The van der Waals surface area contributed by atoms with E-state index in [1.54, 1.807) is 4.52 Å². The predicted octanol–water partition coefficient (Wildman–Crippen LogP) is 2.59. The first kappa shape index (κ1) is 15.7. The fourth-order valence-electron chi connectivity index (χ4n) is 3.55. The molecule has 0 spiro atoms. The van der Waals surface area contributed by atoms with Gasteiger partial charge in [0, 0.05) is 23.3 Å². The van der Waals surface area contributed by atoms with Gasteiger partial charge >= 0.3 is 0 Å². The molecule has 6 heteroatoms. The van der Waals surface area contributed by atoms with Gasteiger partial charge in [-0.05, 0) is 38.3 Å². The van der Waals surface area contributed by atoms with Crippen LogP contribution in [0.2, 0.25) is 0 Å². The minimum Gasteiger partial charge on any atom is -0.348 e. The monoisotopic (exact) mass is 335 g/mol.